The van der Waals surface area contributed by atoms with Crippen molar-refractivity contribution in [1.82, 2.24) is 0 Å². The zero-order chi connectivity index (χ0) is 15.4. The van der Waals surface area contributed by atoms with E-state index in [9.17, 15) is 5.11 Å². The lowest BCUT2D eigenvalue weighted by atomic mass is 10.0. The van der Waals surface area contributed by atoms with Crippen LogP contribution in [0.15, 0.2) is 30.3 Å². The summed E-state index contributed by atoms with van der Waals surface area (Å²) in [7, 11) is 0. The fourth-order valence-electron chi connectivity index (χ4n) is 2.01. The number of rotatable bonds is 5. The lowest BCUT2D eigenvalue weighted by Gasteiger charge is -2.17. The molecule has 0 radical (unpaired) electrons. The Balaban J connectivity index is 2.65. The predicted molar refractivity (Wildman–Crippen MR) is 85.9 cm³/mol. The molecule has 0 atom stereocenters. The fourth-order valence-corrected chi connectivity index (χ4v) is 2.33. The summed E-state index contributed by atoms with van der Waals surface area (Å²) in [6.07, 6.45) is 0. The highest BCUT2D eigenvalue weighted by atomic mass is 35.5. The summed E-state index contributed by atoms with van der Waals surface area (Å²) in [4.78, 5) is 0. The Morgan fingerprint density at radius 3 is 2.10 bits per heavy atom. The van der Waals surface area contributed by atoms with Crippen molar-refractivity contribution in [3.05, 3.63) is 40.4 Å². The first-order valence-electron chi connectivity index (χ1n) is 6.65. The summed E-state index contributed by atoms with van der Waals surface area (Å²) in [5, 5.41) is 10.8. The fraction of sp³-hybridized carbons (Fsp3) is 0.250. The number of ether oxygens (including phenoxy) is 2. The van der Waals surface area contributed by atoms with E-state index in [1.54, 1.807) is 18.2 Å². The zero-order valence-electron chi connectivity index (χ0n) is 11.8. The third-order valence-corrected chi connectivity index (χ3v) is 3.51. The first kappa shape index (κ1) is 15.8. The molecule has 0 saturated carbocycles. The molecule has 3 nitrogen and oxygen atoms in total. The maximum Gasteiger partial charge on any atom is 0.184 e. The van der Waals surface area contributed by atoms with E-state index in [2.05, 4.69) is 0 Å². The van der Waals surface area contributed by atoms with E-state index in [-0.39, 0.29) is 10.8 Å². The minimum absolute atomic E-state index is 0.0477. The largest absolute Gasteiger partial charge is 0.506 e. The molecule has 0 unspecified atom stereocenters. The number of benzene rings is 2. The molecule has 0 amide bonds. The molecular weight excluding hydrogens is 311 g/mol. The monoisotopic (exact) mass is 326 g/mol. The Morgan fingerprint density at radius 1 is 0.952 bits per heavy atom. The molecule has 0 saturated heterocycles. The molecule has 5 heteroatoms. The van der Waals surface area contributed by atoms with E-state index < -0.39 is 0 Å². The van der Waals surface area contributed by atoms with Crippen LogP contribution >= 0.6 is 23.2 Å². The molecule has 2 aromatic rings. The molecule has 0 aliphatic carbocycles. The molecule has 2 rings (SSSR count). The number of phenolic OH excluding ortho intramolecular Hbond substituents is 1. The van der Waals surface area contributed by atoms with E-state index in [1.807, 2.05) is 26.0 Å². The third-order valence-electron chi connectivity index (χ3n) is 2.89. The van der Waals surface area contributed by atoms with E-state index in [0.717, 1.165) is 5.56 Å². The van der Waals surface area contributed by atoms with Crippen LogP contribution in [0.2, 0.25) is 10.0 Å². The molecule has 21 heavy (non-hydrogen) atoms. The highest BCUT2D eigenvalue weighted by Crippen LogP contribution is 2.47. The number of hydrogen-bond acceptors (Lipinski definition) is 3. The lowest BCUT2D eigenvalue weighted by molar-refractivity contribution is 0.287. The normalized spacial score (nSPS) is 10.5. The number of phenols is 1. The first-order chi connectivity index (χ1) is 10.1. The predicted octanol–water partition coefficient (Wildman–Crippen LogP) is 5.16. The summed E-state index contributed by atoms with van der Waals surface area (Å²) < 4.78 is 11.2. The average molecular weight is 327 g/mol. The Bertz CT molecular complexity index is 624. The number of hydrogen-bond donors (Lipinski definition) is 1. The van der Waals surface area contributed by atoms with Crippen molar-refractivity contribution in [1.29, 1.82) is 0 Å². The second-order valence-electron chi connectivity index (χ2n) is 4.29. The van der Waals surface area contributed by atoms with E-state index in [1.165, 1.54) is 0 Å². The molecule has 0 aliphatic rings. The van der Waals surface area contributed by atoms with Crippen LogP contribution in [0.5, 0.6) is 17.2 Å². The minimum atomic E-state index is -0.0477. The van der Waals surface area contributed by atoms with Gasteiger partial charge in [-0.25, -0.2) is 0 Å². The van der Waals surface area contributed by atoms with Gasteiger partial charge in [0.1, 0.15) is 10.8 Å². The number of aromatic hydroxyl groups is 1. The van der Waals surface area contributed by atoms with Crippen LogP contribution in [-0.4, -0.2) is 18.3 Å². The maximum atomic E-state index is 10.0. The van der Waals surface area contributed by atoms with Gasteiger partial charge in [0, 0.05) is 10.6 Å². The Kier molecular flexibility index (Phi) is 5.21. The van der Waals surface area contributed by atoms with E-state index >= 15 is 0 Å². The SMILES string of the molecule is CCOc1c(-c2ccc(Cl)cc2)cc(O)c(Cl)c1OCC. The van der Waals surface area contributed by atoms with Gasteiger partial charge in [-0.2, -0.15) is 0 Å². The standard InChI is InChI=1S/C16H16Cl2O3/c1-3-20-15-12(10-5-7-11(17)8-6-10)9-13(19)14(18)16(15)21-4-2/h5-9,19H,3-4H2,1-2H3. The number of halogens is 2. The van der Waals surface area contributed by atoms with Crippen LogP contribution in [0, 0.1) is 0 Å². The third kappa shape index (κ3) is 3.36. The van der Waals surface area contributed by atoms with Gasteiger partial charge in [-0.15, -0.1) is 0 Å². The van der Waals surface area contributed by atoms with Crippen molar-refractivity contribution >= 4 is 23.2 Å². The van der Waals surface area contributed by atoms with Gasteiger partial charge in [0.05, 0.1) is 13.2 Å². The molecule has 1 N–H and O–H groups in total. The van der Waals surface area contributed by atoms with Crippen LogP contribution in [-0.2, 0) is 0 Å². The highest BCUT2D eigenvalue weighted by molar-refractivity contribution is 6.34. The quantitative estimate of drug-likeness (QED) is 0.824. The lowest BCUT2D eigenvalue weighted by Crippen LogP contribution is -2.01. The molecule has 0 aliphatic heterocycles. The van der Waals surface area contributed by atoms with Crippen molar-refractivity contribution in [3.63, 3.8) is 0 Å². The molecule has 0 fully saturated rings. The molecule has 112 valence electrons. The van der Waals surface area contributed by atoms with Gasteiger partial charge in [-0.1, -0.05) is 35.3 Å². The smallest absolute Gasteiger partial charge is 0.184 e. The highest BCUT2D eigenvalue weighted by Gasteiger charge is 2.20. The van der Waals surface area contributed by atoms with Crippen LogP contribution in [0.25, 0.3) is 11.1 Å². The average Bonchev–Trinajstić information content (AvgIpc) is 2.47. The van der Waals surface area contributed by atoms with Crippen LogP contribution in [0.1, 0.15) is 13.8 Å². The van der Waals surface area contributed by atoms with Crippen molar-refractivity contribution in [2.75, 3.05) is 13.2 Å². The topological polar surface area (TPSA) is 38.7 Å². The molecule has 0 bridgehead atoms. The van der Waals surface area contributed by atoms with Gasteiger partial charge in [0.25, 0.3) is 0 Å². The van der Waals surface area contributed by atoms with Gasteiger partial charge in [-0.3, -0.25) is 0 Å². The van der Waals surface area contributed by atoms with Crippen molar-refractivity contribution in [2.24, 2.45) is 0 Å². The van der Waals surface area contributed by atoms with Gasteiger partial charge in [0.15, 0.2) is 11.5 Å². The summed E-state index contributed by atoms with van der Waals surface area (Å²) in [6.45, 7) is 4.60. The van der Waals surface area contributed by atoms with Gasteiger partial charge >= 0.3 is 0 Å². The minimum Gasteiger partial charge on any atom is -0.506 e. The van der Waals surface area contributed by atoms with Crippen molar-refractivity contribution in [3.8, 4) is 28.4 Å². The molecule has 0 heterocycles. The van der Waals surface area contributed by atoms with Crippen LogP contribution in [0.3, 0.4) is 0 Å². The van der Waals surface area contributed by atoms with E-state index in [4.69, 9.17) is 32.7 Å². The van der Waals surface area contributed by atoms with Gasteiger partial charge < -0.3 is 14.6 Å². The van der Waals surface area contributed by atoms with E-state index in [0.29, 0.717) is 35.3 Å². The first-order valence-corrected chi connectivity index (χ1v) is 7.41. The Hall–Kier alpha value is -1.58. The Morgan fingerprint density at radius 2 is 1.52 bits per heavy atom. The van der Waals surface area contributed by atoms with Crippen LogP contribution < -0.4 is 9.47 Å². The van der Waals surface area contributed by atoms with Gasteiger partial charge in [0.2, 0.25) is 0 Å². The molecule has 2 aromatic carbocycles. The summed E-state index contributed by atoms with van der Waals surface area (Å²) in [6, 6.07) is 8.82. The zero-order valence-corrected chi connectivity index (χ0v) is 13.3. The second-order valence-corrected chi connectivity index (χ2v) is 5.10. The molecule has 0 spiro atoms. The maximum absolute atomic E-state index is 10.0. The second kappa shape index (κ2) is 6.92. The molecule has 0 aromatic heterocycles. The summed E-state index contributed by atoms with van der Waals surface area (Å²) in [5.74, 6) is 0.823. The Labute approximate surface area is 134 Å². The summed E-state index contributed by atoms with van der Waals surface area (Å²) in [5.41, 5.74) is 1.56. The summed E-state index contributed by atoms with van der Waals surface area (Å²) >= 11 is 12.0. The van der Waals surface area contributed by atoms with Gasteiger partial charge in [-0.05, 0) is 37.6 Å². The van der Waals surface area contributed by atoms with Crippen LogP contribution in [0.4, 0.5) is 0 Å². The van der Waals surface area contributed by atoms with Crippen molar-refractivity contribution < 1.29 is 14.6 Å². The molecular formula is C16H16Cl2O3. The van der Waals surface area contributed by atoms with Crippen molar-refractivity contribution in [2.45, 2.75) is 13.8 Å².